The van der Waals surface area contributed by atoms with E-state index in [4.69, 9.17) is 4.74 Å². The summed E-state index contributed by atoms with van der Waals surface area (Å²) in [5, 5.41) is 9.27. The van der Waals surface area contributed by atoms with Crippen molar-refractivity contribution in [3.05, 3.63) is 36.0 Å². The molecule has 1 saturated heterocycles. The second-order valence-electron chi connectivity index (χ2n) is 5.91. The second-order valence-corrected chi connectivity index (χ2v) is 5.91. The summed E-state index contributed by atoms with van der Waals surface area (Å²) in [6, 6.07) is 0. The molecule has 0 radical (unpaired) electrons. The Hall–Kier alpha value is -1.88. The maximum Gasteiger partial charge on any atom is 0.304 e. The van der Waals surface area contributed by atoms with Crippen molar-refractivity contribution in [2.75, 3.05) is 13.7 Å². The molecule has 1 N–H and O–H groups in total. The number of hydrogen-bond donors (Lipinski definition) is 1. The molecule has 0 aromatic heterocycles. The molecular weight excluding hydrogens is 270 g/mol. The lowest BCUT2D eigenvalue weighted by atomic mass is 9.65. The van der Waals surface area contributed by atoms with Crippen molar-refractivity contribution < 1.29 is 19.4 Å². The zero-order valence-electron chi connectivity index (χ0n) is 12.0. The average molecular weight is 289 g/mol. The number of nitrogens with zero attached hydrogens (tertiary/aromatic N) is 1. The van der Waals surface area contributed by atoms with E-state index < -0.39 is 11.5 Å². The molecule has 0 bridgehead atoms. The monoisotopic (exact) mass is 289 g/mol. The van der Waals surface area contributed by atoms with Crippen LogP contribution >= 0.6 is 0 Å². The summed E-state index contributed by atoms with van der Waals surface area (Å²) >= 11 is 0. The first-order valence-electron chi connectivity index (χ1n) is 7.13. The second kappa shape index (κ2) is 4.84. The Bertz CT molecular complexity index is 577. The fourth-order valence-corrected chi connectivity index (χ4v) is 3.95. The molecule has 1 spiro atoms. The van der Waals surface area contributed by atoms with Crippen LogP contribution in [0.25, 0.3) is 0 Å². The molecule has 21 heavy (non-hydrogen) atoms. The Morgan fingerprint density at radius 2 is 2.38 bits per heavy atom. The van der Waals surface area contributed by atoms with Crippen molar-refractivity contribution in [3.8, 4) is 0 Å². The van der Waals surface area contributed by atoms with Gasteiger partial charge in [0.1, 0.15) is 0 Å². The fourth-order valence-electron chi connectivity index (χ4n) is 3.95. The first-order valence-corrected chi connectivity index (χ1v) is 7.13. The Balaban J connectivity index is 2.09. The van der Waals surface area contributed by atoms with Gasteiger partial charge in [0.2, 0.25) is 5.91 Å². The van der Waals surface area contributed by atoms with E-state index in [-0.39, 0.29) is 24.3 Å². The smallest absolute Gasteiger partial charge is 0.304 e. The number of ether oxygens (including phenoxy) is 1. The number of carboxylic acid groups (broad SMARTS) is 1. The van der Waals surface area contributed by atoms with Gasteiger partial charge in [0.05, 0.1) is 18.1 Å². The van der Waals surface area contributed by atoms with E-state index in [1.54, 1.807) is 13.2 Å². The predicted molar refractivity (Wildman–Crippen MR) is 76.6 cm³/mol. The van der Waals surface area contributed by atoms with Gasteiger partial charge in [-0.2, -0.15) is 0 Å². The largest absolute Gasteiger partial charge is 0.481 e. The Morgan fingerprint density at radius 3 is 3.05 bits per heavy atom. The van der Waals surface area contributed by atoms with Gasteiger partial charge in [0.25, 0.3) is 0 Å². The fraction of sp³-hybridized carbons (Fsp3) is 0.500. The maximum absolute atomic E-state index is 12.3. The van der Waals surface area contributed by atoms with Crippen molar-refractivity contribution in [2.45, 2.75) is 30.9 Å². The van der Waals surface area contributed by atoms with E-state index in [2.05, 4.69) is 6.58 Å². The first kappa shape index (κ1) is 14.1. The van der Waals surface area contributed by atoms with E-state index in [1.807, 2.05) is 17.1 Å². The molecule has 0 aromatic rings. The molecule has 1 aliphatic carbocycles. The minimum Gasteiger partial charge on any atom is -0.481 e. The maximum atomic E-state index is 12.3. The SMILES string of the molecule is C=C1CCN2C(=O)C=C3C=C[C@@H](OC)C[C@@]32C1CC(=O)O. The summed E-state index contributed by atoms with van der Waals surface area (Å²) < 4.78 is 5.44. The predicted octanol–water partition coefficient (Wildman–Crippen LogP) is 1.52. The molecule has 0 saturated carbocycles. The average Bonchev–Trinajstić information content (AvgIpc) is 2.73. The van der Waals surface area contributed by atoms with E-state index in [0.717, 1.165) is 11.1 Å². The number of methoxy groups -OCH3 is 1. The molecule has 3 aliphatic rings. The minimum atomic E-state index is -0.861. The van der Waals surface area contributed by atoms with Gasteiger partial charge in [0, 0.05) is 32.1 Å². The number of amides is 1. The van der Waals surface area contributed by atoms with Crippen LogP contribution in [-0.2, 0) is 14.3 Å². The Labute approximate surface area is 123 Å². The normalized spacial score (nSPS) is 34.5. The van der Waals surface area contributed by atoms with Crippen molar-refractivity contribution in [1.29, 1.82) is 0 Å². The van der Waals surface area contributed by atoms with Crippen molar-refractivity contribution >= 4 is 11.9 Å². The van der Waals surface area contributed by atoms with Crippen LogP contribution in [0.1, 0.15) is 19.3 Å². The quantitative estimate of drug-likeness (QED) is 0.800. The van der Waals surface area contributed by atoms with Crippen LogP contribution in [0.5, 0.6) is 0 Å². The highest BCUT2D eigenvalue weighted by Crippen LogP contribution is 2.51. The summed E-state index contributed by atoms with van der Waals surface area (Å²) in [6.07, 6.45) is 6.60. The van der Waals surface area contributed by atoms with Gasteiger partial charge in [-0.05, 0) is 12.0 Å². The van der Waals surface area contributed by atoms with Crippen molar-refractivity contribution in [2.24, 2.45) is 5.92 Å². The Morgan fingerprint density at radius 1 is 1.62 bits per heavy atom. The van der Waals surface area contributed by atoms with Gasteiger partial charge in [-0.15, -0.1) is 0 Å². The van der Waals surface area contributed by atoms with Crippen LogP contribution in [0.3, 0.4) is 0 Å². The van der Waals surface area contributed by atoms with Crippen LogP contribution in [0.2, 0.25) is 0 Å². The minimum absolute atomic E-state index is 0.00969. The molecule has 3 atom stereocenters. The molecule has 5 heteroatoms. The van der Waals surface area contributed by atoms with Crippen LogP contribution in [0, 0.1) is 5.92 Å². The number of carboxylic acids is 1. The lowest BCUT2D eigenvalue weighted by molar-refractivity contribution is -0.142. The van der Waals surface area contributed by atoms with Crippen LogP contribution in [-0.4, -0.2) is 47.2 Å². The van der Waals surface area contributed by atoms with Crippen molar-refractivity contribution in [1.82, 2.24) is 4.90 Å². The highest BCUT2D eigenvalue weighted by molar-refractivity contribution is 5.94. The van der Waals surface area contributed by atoms with Gasteiger partial charge in [-0.3, -0.25) is 9.59 Å². The summed E-state index contributed by atoms with van der Waals surface area (Å²) in [5.74, 6) is -1.15. The molecule has 1 amide bonds. The number of carbonyl (C=O) groups is 2. The highest BCUT2D eigenvalue weighted by atomic mass is 16.5. The Kier molecular flexibility index (Phi) is 3.24. The van der Waals surface area contributed by atoms with Gasteiger partial charge < -0.3 is 14.7 Å². The van der Waals surface area contributed by atoms with E-state index in [9.17, 15) is 14.7 Å². The van der Waals surface area contributed by atoms with Gasteiger partial charge in [0.15, 0.2) is 0 Å². The molecule has 112 valence electrons. The number of piperidine rings is 1. The molecule has 2 aliphatic heterocycles. The number of rotatable bonds is 3. The van der Waals surface area contributed by atoms with E-state index >= 15 is 0 Å². The molecule has 1 fully saturated rings. The number of carbonyl (C=O) groups excluding carboxylic acids is 1. The van der Waals surface area contributed by atoms with Gasteiger partial charge >= 0.3 is 5.97 Å². The zero-order chi connectivity index (χ0) is 15.2. The lowest BCUT2D eigenvalue weighted by Crippen LogP contribution is -2.59. The van der Waals surface area contributed by atoms with Gasteiger partial charge in [-0.25, -0.2) is 0 Å². The van der Waals surface area contributed by atoms with Crippen LogP contribution < -0.4 is 0 Å². The zero-order valence-corrected chi connectivity index (χ0v) is 12.0. The highest BCUT2D eigenvalue weighted by Gasteiger charge is 2.56. The number of hydrogen-bond acceptors (Lipinski definition) is 3. The third-order valence-electron chi connectivity index (χ3n) is 4.94. The van der Waals surface area contributed by atoms with Crippen LogP contribution in [0.15, 0.2) is 36.0 Å². The third kappa shape index (κ3) is 1.95. The lowest BCUT2D eigenvalue weighted by Gasteiger charge is -2.52. The van der Waals surface area contributed by atoms with E-state index in [0.29, 0.717) is 19.4 Å². The summed E-state index contributed by atoms with van der Waals surface area (Å²) in [7, 11) is 1.63. The topological polar surface area (TPSA) is 66.8 Å². The molecule has 1 unspecified atom stereocenters. The molecule has 2 heterocycles. The standard InChI is InChI=1S/C16H19NO4/c1-10-5-6-17-14(18)7-11-3-4-12(21-2)9-16(11,17)13(10)8-15(19)20/h3-4,7,12-13H,1,5-6,8-9H2,2H3,(H,19,20)/t12-,13?,16+/m1/s1. The molecule has 5 nitrogen and oxygen atoms in total. The summed E-state index contributed by atoms with van der Waals surface area (Å²) in [6.45, 7) is 4.67. The third-order valence-corrected chi connectivity index (χ3v) is 4.94. The van der Waals surface area contributed by atoms with Gasteiger partial charge in [-0.1, -0.05) is 24.3 Å². The molecular formula is C16H19NO4. The summed E-state index contributed by atoms with van der Waals surface area (Å²) in [5.41, 5.74) is 1.22. The molecule has 3 rings (SSSR count). The first-order chi connectivity index (χ1) is 9.99. The number of aliphatic carboxylic acids is 1. The van der Waals surface area contributed by atoms with E-state index in [1.165, 1.54) is 0 Å². The summed E-state index contributed by atoms with van der Waals surface area (Å²) in [4.78, 5) is 25.4. The molecule has 0 aromatic carbocycles. The van der Waals surface area contributed by atoms with Crippen molar-refractivity contribution in [3.63, 3.8) is 0 Å². The van der Waals surface area contributed by atoms with Crippen LogP contribution in [0.4, 0.5) is 0 Å².